The molecular formula is C11H18O. The zero-order chi connectivity index (χ0) is 9.03. The van der Waals surface area contributed by atoms with E-state index in [4.69, 9.17) is 0 Å². The molecule has 0 bridgehead atoms. The molecule has 0 aromatic heterocycles. The normalized spacial score (nSPS) is 34.9. The summed E-state index contributed by atoms with van der Waals surface area (Å²) in [6.45, 7) is 5.92. The SMILES string of the molecule is C=CCC1(C=O)CCC(CC)C1. The minimum Gasteiger partial charge on any atom is -0.303 e. The summed E-state index contributed by atoms with van der Waals surface area (Å²) in [4.78, 5) is 10.9. The first kappa shape index (κ1) is 9.50. The van der Waals surface area contributed by atoms with E-state index in [1.807, 2.05) is 6.08 Å². The summed E-state index contributed by atoms with van der Waals surface area (Å²) >= 11 is 0. The van der Waals surface area contributed by atoms with Gasteiger partial charge in [0.05, 0.1) is 0 Å². The number of rotatable bonds is 4. The highest BCUT2D eigenvalue weighted by Crippen LogP contribution is 2.44. The van der Waals surface area contributed by atoms with Crippen molar-refractivity contribution in [3.8, 4) is 0 Å². The lowest BCUT2D eigenvalue weighted by atomic mass is 9.83. The largest absolute Gasteiger partial charge is 0.303 e. The van der Waals surface area contributed by atoms with Crippen LogP contribution in [0.5, 0.6) is 0 Å². The van der Waals surface area contributed by atoms with Gasteiger partial charge in [-0.25, -0.2) is 0 Å². The lowest BCUT2D eigenvalue weighted by molar-refractivity contribution is -0.116. The summed E-state index contributed by atoms with van der Waals surface area (Å²) in [5.41, 5.74) is -0.0393. The molecule has 1 aliphatic rings. The van der Waals surface area contributed by atoms with Crippen LogP contribution in [0.1, 0.15) is 39.0 Å². The summed E-state index contributed by atoms with van der Waals surface area (Å²) in [7, 11) is 0. The van der Waals surface area contributed by atoms with Crippen molar-refractivity contribution < 1.29 is 4.79 Å². The van der Waals surface area contributed by atoms with Gasteiger partial charge < -0.3 is 4.79 Å². The zero-order valence-electron chi connectivity index (χ0n) is 7.88. The standard InChI is InChI=1S/C11H18O/c1-3-6-11(9-12)7-5-10(4-2)8-11/h3,9-10H,1,4-8H2,2H3. The van der Waals surface area contributed by atoms with Gasteiger partial charge in [-0.3, -0.25) is 0 Å². The van der Waals surface area contributed by atoms with Crippen LogP contribution in [0, 0.1) is 11.3 Å². The van der Waals surface area contributed by atoms with Crippen molar-refractivity contribution in [3.05, 3.63) is 12.7 Å². The molecule has 1 heteroatoms. The van der Waals surface area contributed by atoms with Gasteiger partial charge >= 0.3 is 0 Å². The van der Waals surface area contributed by atoms with Crippen LogP contribution >= 0.6 is 0 Å². The Morgan fingerprint density at radius 1 is 1.67 bits per heavy atom. The second kappa shape index (κ2) is 3.88. The van der Waals surface area contributed by atoms with E-state index in [9.17, 15) is 4.79 Å². The van der Waals surface area contributed by atoms with E-state index in [-0.39, 0.29) is 5.41 Å². The maximum atomic E-state index is 10.9. The summed E-state index contributed by atoms with van der Waals surface area (Å²) < 4.78 is 0. The van der Waals surface area contributed by atoms with Crippen molar-refractivity contribution in [3.63, 3.8) is 0 Å². The molecule has 0 N–H and O–H groups in total. The Balaban J connectivity index is 2.58. The molecule has 12 heavy (non-hydrogen) atoms. The fourth-order valence-corrected chi connectivity index (χ4v) is 2.25. The van der Waals surface area contributed by atoms with Crippen LogP contribution in [-0.4, -0.2) is 6.29 Å². The molecule has 0 aromatic carbocycles. The molecule has 1 fully saturated rings. The monoisotopic (exact) mass is 166 g/mol. The molecule has 1 nitrogen and oxygen atoms in total. The van der Waals surface area contributed by atoms with E-state index in [1.54, 1.807) is 0 Å². The third-order valence-corrected chi connectivity index (χ3v) is 3.12. The van der Waals surface area contributed by atoms with Crippen molar-refractivity contribution in [1.82, 2.24) is 0 Å². The summed E-state index contributed by atoms with van der Waals surface area (Å²) in [5, 5.41) is 0. The van der Waals surface area contributed by atoms with Gasteiger partial charge in [0.1, 0.15) is 6.29 Å². The predicted octanol–water partition coefficient (Wildman–Crippen LogP) is 2.96. The summed E-state index contributed by atoms with van der Waals surface area (Å²) in [6.07, 6.45) is 8.50. The van der Waals surface area contributed by atoms with E-state index in [2.05, 4.69) is 13.5 Å². The van der Waals surface area contributed by atoms with Gasteiger partial charge in [0.15, 0.2) is 0 Å². The van der Waals surface area contributed by atoms with Crippen LogP contribution in [0.4, 0.5) is 0 Å². The van der Waals surface area contributed by atoms with E-state index in [1.165, 1.54) is 12.8 Å². The van der Waals surface area contributed by atoms with Crippen molar-refractivity contribution >= 4 is 6.29 Å². The highest BCUT2D eigenvalue weighted by Gasteiger charge is 2.36. The minimum absolute atomic E-state index is 0.0393. The molecule has 0 saturated heterocycles. The highest BCUT2D eigenvalue weighted by atomic mass is 16.1. The van der Waals surface area contributed by atoms with Crippen LogP contribution < -0.4 is 0 Å². The number of carbonyl (C=O) groups excluding carboxylic acids is 1. The van der Waals surface area contributed by atoms with Crippen molar-refractivity contribution in [2.24, 2.45) is 11.3 Å². The van der Waals surface area contributed by atoms with E-state index < -0.39 is 0 Å². The van der Waals surface area contributed by atoms with Gasteiger partial charge in [0.2, 0.25) is 0 Å². The van der Waals surface area contributed by atoms with Crippen LogP contribution in [-0.2, 0) is 4.79 Å². The second-order valence-corrected chi connectivity index (χ2v) is 3.99. The van der Waals surface area contributed by atoms with Gasteiger partial charge in [-0.15, -0.1) is 6.58 Å². The van der Waals surface area contributed by atoms with Crippen molar-refractivity contribution in [2.45, 2.75) is 39.0 Å². The summed E-state index contributed by atoms with van der Waals surface area (Å²) in [5.74, 6) is 0.773. The lowest BCUT2D eigenvalue weighted by Crippen LogP contribution is -2.17. The number of hydrogen-bond donors (Lipinski definition) is 0. The number of allylic oxidation sites excluding steroid dienone is 1. The van der Waals surface area contributed by atoms with Crippen LogP contribution in [0.3, 0.4) is 0 Å². The quantitative estimate of drug-likeness (QED) is 0.463. The topological polar surface area (TPSA) is 17.1 Å². The zero-order valence-corrected chi connectivity index (χ0v) is 7.88. The molecule has 2 atom stereocenters. The minimum atomic E-state index is -0.0393. The van der Waals surface area contributed by atoms with E-state index in [0.717, 1.165) is 31.5 Å². The highest BCUT2D eigenvalue weighted by molar-refractivity contribution is 5.60. The Morgan fingerprint density at radius 2 is 2.42 bits per heavy atom. The van der Waals surface area contributed by atoms with Crippen LogP contribution in [0.25, 0.3) is 0 Å². The number of hydrogen-bond acceptors (Lipinski definition) is 1. The van der Waals surface area contributed by atoms with E-state index >= 15 is 0 Å². The van der Waals surface area contributed by atoms with Crippen molar-refractivity contribution in [2.75, 3.05) is 0 Å². The number of carbonyl (C=O) groups is 1. The molecule has 68 valence electrons. The number of aldehydes is 1. The lowest BCUT2D eigenvalue weighted by Gasteiger charge is -2.19. The molecule has 0 amide bonds. The smallest absolute Gasteiger partial charge is 0.126 e. The molecular weight excluding hydrogens is 148 g/mol. The van der Waals surface area contributed by atoms with Crippen molar-refractivity contribution in [1.29, 1.82) is 0 Å². The molecule has 0 aromatic rings. The molecule has 0 heterocycles. The Hall–Kier alpha value is -0.590. The predicted molar refractivity (Wildman–Crippen MR) is 50.9 cm³/mol. The van der Waals surface area contributed by atoms with Gasteiger partial charge in [0, 0.05) is 5.41 Å². The third kappa shape index (κ3) is 1.77. The molecule has 0 spiro atoms. The maximum absolute atomic E-state index is 10.9. The Morgan fingerprint density at radius 3 is 2.83 bits per heavy atom. The fourth-order valence-electron chi connectivity index (χ4n) is 2.25. The first-order chi connectivity index (χ1) is 5.76. The Bertz CT molecular complexity index is 174. The first-order valence-electron chi connectivity index (χ1n) is 4.83. The summed E-state index contributed by atoms with van der Waals surface area (Å²) in [6, 6.07) is 0. The molecule has 1 rings (SSSR count). The fraction of sp³-hybridized carbons (Fsp3) is 0.727. The molecule has 2 unspecified atom stereocenters. The third-order valence-electron chi connectivity index (χ3n) is 3.12. The van der Waals surface area contributed by atoms with Crippen LogP contribution in [0.15, 0.2) is 12.7 Å². The Labute approximate surface area is 74.9 Å². The van der Waals surface area contributed by atoms with Gasteiger partial charge in [0.25, 0.3) is 0 Å². The van der Waals surface area contributed by atoms with Crippen LogP contribution in [0.2, 0.25) is 0 Å². The second-order valence-electron chi connectivity index (χ2n) is 3.99. The van der Waals surface area contributed by atoms with Gasteiger partial charge in [-0.2, -0.15) is 0 Å². The molecule has 0 aliphatic heterocycles. The van der Waals surface area contributed by atoms with Gasteiger partial charge in [-0.05, 0) is 31.6 Å². The Kier molecular flexibility index (Phi) is 3.07. The van der Waals surface area contributed by atoms with Gasteiger partial charge in [-0.1, -0.05) is 19.4 Å². The molecule has 0 radical (unpaired) electrons. The average molecular weight is 166 g/mol. The molecule has 1 aliphatic carbocycles. The maximum Gasteiger partial charge on any atom is 0.126 e. The van der Waals surface area contributed by atoms with E-state index in [0.29, 0.717) is 0 Å². The first-order valence-corrected chi connectivity index (χ1v) is 4.83. The molecule has 1 saturated carbocycles. The average Bonchev–Trinajstić information content (AvgIpc) is 2.50.